The molecule has 1 unspecified atom stereocenters. The fourth-order valence-electron chi connectivity index (χ4n) is 3.82. The van der Waals surface area contributed by atoms with Gasteiger partial charge in [0.05, 0.1) is 10.6 Å². The van der Waals surface area contributed by atoms with Crippen molar-refractivity contribution in [1.82, 2.24) is 10.2 Å². The molecule has 208 valence electrons. The summed E-state index contributed by atoms with van der Waals surface area (Å²) in [6.07, 6.45) is 0. The molecule has 0 aliphatic heterocycles. The third kappa shape index (κ3) is 7.66. The van der Waals surface area contributed by atoms with Crippen molar-refractivity contribution in [2.45, 2.75) is 51.2 Å². The first-order valence-electron chi connectivity index (χ1n) is 12.2. The number of nitrogens with one attached hydrogen (secondary N) is 1. The molecule has 0 heterocycles. The molecule has 0 aliphatic carbocycles. The molecule has 3 aromatic rings. The van der Waals surface area contributed by atoms with Crippen molar-refractivity contribution >= 4 is 62.3 Å². The average molecular weight is 611 g/mol. The van der Waals surface area contributed by atoms with E-state index in [2.05, 4.69) is 5.32 Å². The number of hydrogen-bond donors (Lipinski definition) is 1. The Morgan fingerprint density at radius 2 is 1.44 bits per heavy atom. The van der Waals surface area contributed by atoms with Gasteiger partial charge in [0, 0.05) is 33.2 Å². The number of benzene rings is 3. The molecule has 0 saturated heterocycles. The summed E-state index contributed by atoms with van der Waals surface area (Å²) in [6, 6.07) is 16.3. The van der Waals surface area contributed by atoms with Gasteiger partial charge in [0.2, 0.25) is 11.8 Å². The zero-order chi connectivity index (χ0) is 28.9. The Morgan fingerprint density at radius 1 is 0.872 bits per heavy atom. The second-order valence-corrected chi connectivity index (χ2v) is 12.5. The highest BCUT2D eigenvalue weighted by atomic mass is 35.5. The van der Waals surface area contributed by atoms with Crippen molar-refractivity contribution < 1.29 is 18.0 Å². The number of carbonyl (C=O) groups excluding carboxylic acids is 2. The molecule has 3 rings (SSSR count). The third-order valence-corrected chi connectivity index (χ3v) is 8.74. The second kappa shape index (κ2) is 13.0. The van der Waals surface area contributed by atoms with Crippen LogP contribution in [0.3, 0.4) is 0 Å². The van der Waals surface area contributed by atoms with E-state index < -0.39 is 34.4 Å². The summed E-state index contributed by atoms with van der Waals surface area (Å²) < 4.78 is 28.6. The maximum absolute atomic E-state index is 13.9. The van der Waals surface area contributed by atoms with Gasteiger partial charge in [-0.2, -0.15) is 0 Å². The molecule has 2 amide bonds. The molecule has 0 radical (unpaired) electrons. The van der Waals surface area contributed by atoms with Gasteiger partial charge in [-0.15, -0.1) is 0 Å². The number of sulfonamides is 1. The normalized spacial score (nSPS) is 12.2. The highest BCUT2D eigenvalue weighted by molar-refractivity contribution is 7.92. The number of hydrogen-bond acceptors (Lipinski definition) is 4. The number of halogens is 3. The molecule has 11 heteroatoms. The lowest BCUT2D eigenvalue weighted by Crippen LogP contribution is -2.52. The van der Waals surface area contributed by atoms with Crippen LogP contribution in [0.5, 0.6) is 0 Å². The van der Waals surface area contributed by atoms with Crippen LogP contribution in [-0.2, 0) is 26.2 Å². The highest BCUT2D eigenvalue weighted by Gasteiger charge is 2.33. The molecule has 0 bridgehead atoms. The van der Waals surface area contributed by atoms with Crippen molar-refractivity contribution in [2.24, 2.45) is 0 Å². The van der Waals surface area contributed by atoms with E-state index in [0.29, 0.717) is 20.6 Å². The van der Waals surface area contributed by atoms with Gasteiger partial charge in [0.15, 0.2) is 0 Å². The Bertz CT molecular complexity index is 1410. The summed E-state index contributed by atoms with van der Waals surface area (Å²) in [5.41, 5.74) is 1.57. The van der Waals surface area contributed by atoms with Gasteiger partial charge in [-0.1, -0.05) is 58.6 Å². The van der Waals surface area contributed by atoms with Crippen molar-refractivity contribution in [1.29, 1.82) is 0 Å². The minimum Gasteiger partial charge on any atom is -0.352 e. The van der Waals surface area contributed by atoms with E-state index in [1.165, 1.54) is 29.2 Å². The van der Waals surface area contributed by atoms with Gasteiger partial charge >= 0.3 is 0 Å². The third-order valence-electron chi connectivity index (χ3n) is 5.99. The van der Waals surface area contributed by atoms with Gasteiger partial charge in [-0.05, 0) is 76.2 Å². The summed E-state index contributed by atoms with van der Waals surface area (Å²) in [5.74, 6) is -1.02. The first-order valence-corrected chi connectivity index (χ1v) is 14.8. The Labute approximate surface area is 244 Å². The summed E-state index contributed by atoms with van der Waals surface area (Å²) in [4.78, 5) is 28.2. The average Bonchev–Trinajstić information content (AvgIpc) is 2.87. The minimum absolute atomic E-state index is 0.0159. The molecular formula is C28H30Cl3N3O4S. The molecule has 0 aliphatic rings. The summed E-state index contributed by atoms with van der Waals surface area (Å²) in [6.45, 7) is 6.33. The largest absolute Gasteiger partial charge is 0.352 e. The van der Waals surface area contributed by atoms with Crippen molar-refractivity contribution in [3.63, 3.8) is 0 Å². The van der Waals surface area contributed by atoms with Crippen molar-refractivity contribution in [3.8, 4) is 0 Å². The van der Waals surface area contributed by atoms with Gasteiger partial charge in [-0.3, -0.25) is 13.9 Å². The van der Waals surface area contributed by atoms with E-state index in [9.17, 15) is 18.0 Å². The van der Waals surface area contributed by atoms with Crippen LogP contribution in [-0.4, -0.2) is 43.8 Å². The first kappa shape index (κ1) is 30.8. The van der Waals surface area contributed by atoms with Crippen LogP contribution in [0.15, 0.2) is 71.6 Å². The molecule has 0 spiro atoms. The van der Waals surface area contributed by atoms with E-state index in [4.69, 9.17) is 34.8 Å². The van der Waals surface area contributed by atoms with Gasteiger partial charge in [0.25, 0.3) is 10.0 Å². The monoisotopic (exact) mass is 609 g/mol. The Balaban J connectivity index is 2.06. The molecule has 1 atom stereocenters. The molecule has 39 heavy (non-hydrogen) atoms. The maximum Gasteiger partial charge on any atom is 0.264 e. The fourth-order valence-corrected chi connectivity index (χ4v) is 5.87. The SMILES string of the molecule is Cc1ccc(S(=O)(=O)N(CC(=O)N(Cc2c(Cl)cccc2Cl)C(C)C(=O)NC(C)C)c2ccc(Cl)cc2)cc1. The fraction of sp³-hybridized carbons (Fsp3) is 0.286. The number of nitrogens with zero attached hydrogens (tertiary/aromatic N) is 2. The van der Waals surface area contributed by atoms with Crippen LogP contribution in [0.25, 0.3) is 0 Å². The van der Waals surface area contributed by atoms with Gasteiger partial charge in [0.1, 0.15) is 12.6 Å². The zero-order valence-corrected chi connectivity index (χ0v) is 25.1. The van der Waals surface area contributed by atoms with E-state index in [1.807, 2.05) is 6.92 Å². The van der Waals surface area contributed by atoms with Crippen LogP contribution in [0.2, 0.25) is 15.1 Å². The van der Waals surface area contributed by atoms with E-state index in [-0.39, 0.29) is 23.2 Å². The predicted octanol–water partition coefficient (Wildman–Crippen LogP) is 6.09. The Hall–Kier alpha value is -2.78. The zero-order valence-electron chi connectivity index (χ0n) is 22.0. The van der Waals surface area contributed by atoms with Crippen LogP contribution in [0.4, 0.5) is 5.69 Å². The standard InChI is InChI=1S/C28H30Cl3N3O4S/c1-18(2)32-28(36)20(4)33(16-24-25(30)6-5-7-26(24)31)27(35)17-34(22-12-10-21(29)11-13-22)39(37,38)23-14-8-19(3)9-15-23/h5-15,18,20H,16-17H2,1-4H3,(H,32,36). The quantitative estimate of drug-likeness (QED) is 0.301. The van der Waals surface area contributed by atoms with Crippen LogP contribution < -0.4 is 9.62 Å². The smallest absolute Gasteiger partial charge is 0.264 e. The number of rotatable bonds is 10. The van der Waals surface area contributed by atoms with Gasteiger partial charge < -0.3 is 10.2 Å². The second-order valence-electron chi connectivity index (χ2n) is 9.36. The highest BCUT2D eigenvalue weighted by Crippen LogP contribution is 2.29. The maximum atomic E-state index is 13.9. The van der Waals surface area contributed by atoms with Crippen LogP contribution in [0, 0.1) is 6.92 Å². The number of aryl methyl sites for hydroxylation is 1. The Kier molecular flexibility index (Phi) is 10.3. The van der Waals surface area contributed by atoms with E-state index in [1.54, 1.807) is 63.2 Å². The van der Waals surface area contributed by atoms with Gasteiger partial charge in [-0.25, -0.2) is 8.42 Å². The first-order chi connectivity index (χ1) is 18.3. The summed E-state index contributed by atoms with van der Waals surface area (Å²) >= 11 is 18.8. The Morgan fingerprint density at radius 3 is 1.97 bits per heavy atom. The molecule has 1 N–H and O–H groups in total. The number of anilines is 1. The minimum atomic E-state index is -4.18. The molecule has 0 aromatic heterocycles. The van der Waals surface area contributed by atoms with Crippen LogP contribution >= 0.6 is 34.8 Å². The number of amides is 2. The van der Waals surface area contributed by atoms with Crippen molar-refractivity contribution in [2.75, 3.05) is 10.8 Å². The topological polar surface area (TPSA) is 86.8 Å². The lowest BCUT2D eigenvalue weighted by Gasteiger charge is -2.32. The molecule has 0 saturated carbocycles. The lowest BCUT2D eigenvalue weighted by molar-refractivity contribution is -0.139. The van der Waals surface area contributed by atoms with Crippen LogP contribution in [0.1, 0.15) is 31.9 Å². The summed E-state index contributed by atoms with van der Waals surface area (Å²) in [5, 5.41) is 3.85. The van der Waals surface area contributed by atoms with Crippen molar-refractivity contribution in [3.05, 3.63) is 92.9 Å². The molecule has 3 aromatic carbocycles. The summed E-state index contributed by atoms with van der Waals surface area (Å²) in [7, 11) is -4.18. The van der Waals surface area contributed by atoms with E-state index >= 15 is 0 Å². The number of carbonyl (C=O) groups is 2. The van der Waals surface area contributed by atoms with E-state index in [0.717, 1.165) is 9.87 Å². The predicted molar refractivity (Wildman–Crippen MR) is 157 cm³/mol. The molecular weight excluding hydrogens is 581 g/mol. The lowest BCUT2D eigenvalue weighted by atomic mass is 10.1. The molecule has 0 fully saturated rings. The molecule has 7 nitrogen and oxygen atoms in total.